The van der Waals surface area contributed by atoms with E-state index >= 15 is 0 Å². The number of carboxylic acids is 1. The number of allylic oxidation sites excluding steroid dienone is 4. The summed E-state index contributed by atoms with van der Waals surface area (Å²) in [7, 11) is 0. The first-order valence-corrected chi connectivity index (χ1v) is 14.3. The highest BCUT2D eigenvalue weighted by Crippen LogP contribution is 2.32. The Morgan fingerprint density at radius 1 is 1.03 bits per heavy atom. The van der Waals surface area contributed by atoms with Crippen LogP contribution in [0.4, 0.5) is 0 Å². The topological polar surface area (TPSA) is 69.6 Å². The predicted molar refractivity (Wildman–Crippen MR) is 150 cm³/mol. The van der Waals surface area contributed by atoms with Crippen molar-refractivity contribution in [2.45, 2.75) is 131 Å². The van der Waals surface area contributed by atoms with Crippen molar-refractivity contribution in [3.63, 3.8) is 0 Å². The lowest BCUT2D eigenvalue weighted by Gasteiger charge is -2.30. The van der Waals surface area contributed by atoms with Crippen LogP contribution in [0.25, 0.3) is 0 Å². The van der Waals surface area contributed by atoms with Crippen molar-refractivity contribution in [1.29, 1.82) is 0 Å². The molecule has 0 bridgehead atoms. The van der Waals surface area contributed by atoms with Gasteiger partial charge in [0, 0.05) is 12.6 Å². The van der Waals surface area contributed by atoms with E-state index in [4.69, 9.17) is 4.74 Å². The minimum atomic E-state index is -0.957. The fourth-order valence-corrected chi connectivity index (χ4v) is 4.66. The first-order chi connectivity index (χ1) is 17.1. The summed E-state index contributed by atoms with van der Waals surface area (Å²) in [6.45, 7) is 15.5. The van der Waals surface area contributed by atoms with E-state index in [0.717, 1.165) is 63.5 Å². The number of rotatable bonds is 18. The average Bonchev–Trinajstić information content (AvgIpc) is 2.82. The number of hydrogen-bond acceptors (Lipinski definition) is 4. The second-order valence-corrected chi connectivity index (χ2v) is 11.1. The average molecular weight is 502 g/mol. The maximum atomic E-state index is 10.8. The van der Waals surface area contributed by atoms with Gasteiger partial charge in [0.2, 0.25) is 0 Å². The van der Waals surface area contributed by atoms with Crippen LogP contribution in [-0.2, 0) is 9.53 Å². The largest absolute Gasteiger partial charge is 0.550 e. The summed E-state index contributed by atoms with van der Waals surface area (Å²) >= 11 is 0. The van der Waals surface area contributed by atoms with Gasteiger partial charge in [-0.2, -0.15) is 0 Å². The fraction of sp³-hybridized carbons (Fsp3) is 0.719. The van der Waals surface area contributed by atoms with Crippen molar-refractivity contribution >= 4 is 5.97 Å². The third-order valence-electron chi connectivity index (χ3n) is 7.67. The molecule has 4 atom stereocenters. The highest BCUT2D eigenvalue weighted by atomic mass is 16.5. The van der Waals surface area contributed by atoms with Gasteiger partial charge in [-0.1, -0.05) is 56.9 Å². The number of ether oxygens (including phenoxy) is 1. The molecule has 0 radical (unpaired) electrons. The lowest BCUT2D eigenvalue weighted by atomic mass is 9.85. The van der Waals surface area contributed by atoms with E-state index in [9.17, 15) is 15.0 Å². The van der Waals surface area contributed by atoms with Crippen LogP contribution in [0.15, 0.2) is 46.1 Å². The Morgan fingerprint density at radius 3 is 2.36 bits per heavy atom. The van der Waals surface area contributed by atoms with Gasteiger partial charge in [-0.15, -0.1) is 0 Å². The number of carbonyl (C=O) groups is 1. The molecule has 0 amide bonds. The molecule has 0 aromatic carbocycles. The predicted octanol–water partition coefficient (Wildman–Crippen LogP) is 7.23. The van der Waals surface area contributed by atoms with Gasteiger partial charge < -0.3 is 19.7 Å². The molecule has 0 aliphatic heterocycles. The van der Waals surface area contributed by atoms with E-state index in [1.54, 1.807) is 6.92 Å². The van der Waals surface area contributed by atoms with Crippen molar-refractivity contribution < 1.29 is 19.7 Å². The Hall–Kier alpha value is -1.65. The summed E-state index contributed by atoms with van der Waals surface area (Å²) in [5.41, 5.74) is 6.26. The first-order valence-electron chi connectivity index (χ1n) is 14.3. The highest BCUT2D eigenvalue weighted by Gasteiger charge is 2.26. The summed E-state index contributed by atoms with van der Waals surface area (Å²) in [5, 5.41) is 21.2. The molecule has 1 aliphatic carbocycles. The fourth-order valence-electron chi connectivity index (χ4n) is 4.66. The molecule has 0 saturated carbocycles. The molecule has 4 nitrogen and oxygen atoms in total. The van der Waals surface area contributed by atoms with Crippen molar-refractivity contribution in [2.24, 2.45) is 11.8 Å². The summed E-state index contributed by atoms with van der Waals surface area (Å²) in [6.07, 6.45) is 17.5. The number of carboxylic acid groups (broad SMARTS) is 1. The lowest BCUT2D eigenvalue weighted by molar-refractivity contribution is -0.311. The molecule has 0 aromatic heterocycles. The molecule has 0 heterocycles. The second kappa shape index (κ2) is 17.7. The molecule has 0 spiro atoms. The van der Waals surface area contributed by atoms with Crippen LogP contribution in [0, 0.1) is 11.8 Å². The summed E-state index contributed by atoms with van der Waals surface area (Å²) in [6, 6.07) is 0. The Balaban J connectivity index is 2.37. The number of hydrogen-bond donors (Lipinski definition) is 1. The van der Waals surface area contributed by atoms with Gasteiger partial charge in [-0.3, -0.25) is 0 Å². The summed E-state index contributed by atoms with van der Waals surface area (Å²) in [5.74, 6) is -0.690. The van der Waals surface area contributed by atoms with Gasteiger partial charge in [-0.05, 0) is 120 Å². The van der Waals surface area contributed by atoms with E-state index in [2.05, 4.69) is 46.8 Å². The van der Waals surface area contributed by atoms with Gasteiger partial charge >= 0.3 is 0 Å². The molecular weight excluding hydrogens is 448 g/mol. The van der Waals surface area contributed by atoms with E-state index in [1.165, 1.54) is 35.1 Å². The standard InChI is InChI=1S/C32H54O4/c1-8-9-21-36-31-28(7)27(6)30(33)22-29(31)20-19-25(4)16-11-15-23(2)13-10-14-24(3)17-12-18-26(5)32(34)35/h13,17,22,25-26,30-31,33H,8-12,14-16,18-21H2,1-7H3,(H,34,35)/p-1/b23-13+,24-17+. The van der Waals surface area contributed by atoms with E-state index in [-0.39, 0.29) is 12.0 Å². The second-order valence-electron chi connectivity index (χ2n) is 11.1. The SMILES string of the molecule is CCCCOC1C(CCC(C)CCC/C(C)=C/CC/C(C)=C/CCC(C)C(=O)[O-])=CC(O)C(C)=C1C. The number of unbranched alkanes of at least 4 members (excludes halogenated alkanes) is 1. The number of aliphatic hydroxyl groups is 1. The van der Waals surface area contributed by atoms with Gasteiger partial charge in [-0.25, -0.2) is 0 Å². The zero-order valence-corrected chi connectivity index (χ0v) is 24.2. The van der Waals surface area contributed by atoms with Gasteiger partial charge in [0.1, 0.15) is 0 Å². The van der Waals surface area contributed by atoms with Crippen LogP contribution in [0.3, 0.4) is 0 Å². The van der Waals surface area contributed by atoms with E-state index < -0.39 is 12.1 Å². The Morgan fingerprint density at radius 2 is 1.69 bits per heavy atom. The molecular formula is C32H53O4-. The van der Waals surface area contributed by atoms with E-state index in [1.807, 2.05) is 13.0 Å². The quantitative estimate of drug-likeness (QED) is 0.159. The monoisotopic (exact) mass is 501 g/mol. The summed E-state index contributed by atoms with van der Waals surface area (Å²) < 4.78 is 6.23. The summed E-state index contributed by atoms with van der Waals surface area (Å²) in [4.78, 5) is 10.8. The smallest absolute Gasteiger partial charge is 0.0997 e. The number of aliphatic carboxylic acids is 1. The molecule has 36 heavy (non-hydrogen) atoms. The van der Waals surface area contributed by atoms with Crippen molar-refractivity contribution in [3.05, 3.63) is 46.1 Å². The molecule has 0 aromatic rings. The zero-order chi connectivity index (χ0) is 27.1. The maximum Gasteiger partial charge on any atom is 0.0997 e. The van der Waals surface area contributed by atoms with Crippen LogP contribution in [0.2, 0.25) is 0 Å². The minimum absolute atomic E-state index is 0.0346. The van der Waals surface area contributed by atoms with Crippen molar-refractivity contribution in [2.75, 3.05) is 6.61 Å². The highest BCUT2D eigenvalue weighted by molar-refractivity contribution is 5.66. The third kappa shape index (κ3) is 12.5. The first kappa shape index (κ1) is 32.4. The molecule has 1 aliphatic rings. The molecule has 1 rings (SSSR count). The van der Waals surface area contributed by atoms with Crippen molar-refractivity contribution in [1.82, 2.24) is 0 Å². The minimum Gasteiger partial charge on any atom is -0.550 e. The van der Waals surface area contributed by atoms with Gasteiger partial charge in [0.05, 0.1) is 12.2 Å². The molecule has 0 fully saturated rings. The lowest BCUT2D eigenvalue weighted by Crippen LogP contribution is -2.29. The third-order valence-corrected chi connectivity index (χ3v) is 7.67. The molecule has 4 unspecified atom stereocenters. The molecule has 1 N–H and O–H groups in total. The van der Waals surface area contributed by atoms with Gasteiger partial charge in [0.25, 0.3) is 0 Å². The van der Waals surface area contributed by atoms with Crippen LogP contribution in [-0.4, -0.2) is 29.9 Å². The molecule has 0 saturated heterocycles. The number of carbonyl (C=O) groups excluding carboxylic acids is 1. The number of aliphatic hydroxyl groups excluding tert-OH is 1. The van der Waals surface area contributed by atoms with E-state index in [0.29, 0.717) is 12.3 Å². The van der Waals surface area contributed by atoms with Crippen LogP contribution in [0.1, 0.15) is 119 Å². The Bertz CT molecular complexity index is 786. The van der Waals surface area contributed by atoms with Crippen molar-refractivity contribution in [3.8, 4) is 0 Å². The zero-order valence-electron chi connectivity index (χ0n) is 24.2. The molecule has 4 heteroatoms. The van der Waals surface area contributed by atoms with Crippen LogP contribution >= 0.6 is 0 Å². The Kier molecular flexibility index (Phi) is 16.0. The Labute approximate surface area is 221 Å². The van der Waals surface area contributed by atoms with Crippen LogP contribution < -0.4 is 5.11 Å². The van der Waals surface area contributed by atoms with Crippen LogP contribution in [0.5, 0.6) is 0 Å². The maximum absolute atomic E-state index is 10.8. The van der Waals surface area contributed by atoms with Gasteiger partial charge in [0.15, 0.2) is 0 Å². The molecule has 206 valence electrons. The normalized spacial score (nSPS) is 20.9.